The molecule has 5 heteroatoms. The third-order valence-electron chi connectivity index (χ3n) is 4.52. The quantitative estimate of drug-likeness (QED) is 0.848. The molecule has 0 bridgehead atoms. The molecule has 0 amide bonds. The zero-order valence-corrected chi connectivity index (χ0v) is 13.9. The molecule has 0 heterocycles. The molecule has 1 aromatic carbocycles. The molecule has 118 valence electrons. The summed E-state index contributed by atoms with van der Waals surface area (Å²) >= 11 is 0. The van der Waals surface area contributed by atoms with Crippen molar-refractivity contribution in [3.63, 3.8) is 0 Å². The van der Waals surface area contributed by atoms with E-state index in [-0.39, 0.29) is 0 Å². The lowest BCUT2D eigenvalue weighted by atomic mass is 9.97. The predicted octanol–water partition coefficient (Wildman–Crippen LogP) is 3.22. The lowest BCUT2D eigenvalue weighted by Gasteiger charge is -2.22. The van der Waals surface area contributed by atoms with Gasteiger partial charge in [0, 0.05) is 12.6 Å². The first-order valence-electron chi connectivity index (χ1n) is 7.81. The molecule has 2 N–H and O–H groups in total. The standard InChI is InChI=1S/C16H26N2O2S/c1-4-11-17-21(19,20)16-8-6-5-7-15(16)18-14-10-9-12(2)13(14)3/h5-8,12-14,17-18H,4,9-11H2,1-3H3. The number of para-hydroxylation sites is 1. The van der Waals surface area contributed by atoms with E-state index in [9.17, 15) is 8.42 Å². The van der Waals surface area contributed by atoms with E-state index in [1.807, 2.05) is 19.1 Å². The Morgan fingerprint density at radius 3 is 2.52 bits per heavy atom. The van der Waals surface area contributed by atoms with Gasteiger partial charge in [0.05, 0.1) is 5.69 Å². The molecular formula is C16H26N2O2S. The predicted molar refractivity (Wildman–Crippen MR) is 86.9 cm³/mol. The second-order valence-corrected chi connectivity index (χ2v) is 7.79. The minimum atomic E-state index is -3.44. The van der Waals surface area contributed by atoms with Crippen molar-refractivity contribution in [3.8, 4) is 0 Å². The molecule has 0 radical (unpaired) electrons. The first-order valence-corrected chi connectivity index (χ1v) is 9.29. The van der Waals surface area contributed by atoms with E-state index in [1.165, 1.54) is 6.42 Å². The Kier molecular flexibility index (Phi) is 5.27. The van der Waals surface area contributed by atoms with Crippen molar-refractivity contribution >= 4 is 15.7 Å². The Morgan fingerprint density at radius 2 is 1.90 bits per heavy atom. The molecule has 21 heavy (non-hydrogen) atoms. The minimum absolute atomic E-state index is 0.350. The molecule has 1 aromatic rings. The summed E-state index contributed by atoms with van der Waals surface area (Å²) in [5.41, 5.74) is 0.715. The van der Waals surface area contributed by atoms with E-state index in [2.05, 4.69) is 23.9 Å². The van der Waals surface area contributed by atoms with Crippen LogP contribution in [0.5, 0.6) is 0 Å². The van der Waals surface area contributed by atoms with Crippen LogP contribution in [0, 0.1) is 11.8 Å². The summed E-state index contributed by atoms with van der Waals surface area (Å²) in [6.07, 6.45) is 3.08. The summed E-state index contributed by atoms with van der Waals surface area (Å²) in [6.45, 7) is 6.92. The Labute approximate surface area is 128 Å². The number of sulfonamides is 1. The third-order valence-corrected chi connectivity index (χ3v) is 6.04. The van der Waals surface area contributed by atoms with Crippen molar-refractivity contribution in [1.29, 1.82) is 0 Å². The van der Waals surface area contributed by atoms with Crippen molar-refractivity contribution in [2.24, 2.45) is 11.8 Å². The number of benzene rings is 1. The van der Waals surface area contributed by atoms with Gasteiger partial charge >= 0.3 is 0 Å². The number of hydrogen-bond acceptors (Lipinski definition) is 3. The maximum absolute atomic E-state index is 12.4. The van der Waals surface area contributed by atoms with Crippen molar-refractivity contribution in [2.45, 2.75) is 51.0 Å². The highest BCUT2D eigenvalue weighted by Gasteiger charge is 2.30. The SMILES string of the molecule is CCCNS(=O)(=O)c1ccccc1NC1CCC(C)C1C. The number of nitrogens with one attached hydrogen (secondary N) is 2. The van der Waals surface area contributed by atoms with Crippen LogP contribution in [0.2, 0.25) is 0 Å². The van der Waals surface area contributed by atoms with Crippen molar-refractivity contribution in [2.75, 3.05) is 11.9 Å². The molecular weight excluding hydrogens is 284 g/mol. The topological polar surface area (TPSA) is 58.2 Å². The molecule has 0 saturated heterocycles. The summed E-state index contributed by atoms with van der Waals surface area (Å²) in [4.78, 5) is 0.352. The van der Waals surface area contributed by atoms with E-state index in [1.54, 1.807) is 12.1 Å². The van der Waals surface area contributed by atoms with Gasteiger partial charge in [-0.15, -0.1) is 0 Å². The zero-order chi connectivity index (χ0) is 15.5. The highest BCUT2D eigenvalue weighted by molar-refractivity contribution is 7.89. The number of rotatable bonds is 6. The summed E-state index contributed by atoms with van der Waals surface area (Å²) < 4.78 is 27.4. The highest BCUT2D eigenvalue weighted by atomic mass is 32.2. The second-order valence-electron chi connectivity index (χ2n) is 6.06. The zero-order valence-electron chi connectivity index (χ0n) is 13.1. The van der Waals surface area contributed by atoms with Gasteiger partial charge in [0.1, 0.15) is 4.90 Å². The fourth-order valence-corrected chi connectivity index (χ4v) is 4.21. The lowest BCUT2D eigenvalue weighted by Crippen LogP contribution is -2.28. The van der Waals surface area contributed by atoms with E-state index >= 15 is 0 Å². The van der Waals surface area contributed by atoms with Gasteiger partial charge in [0.2, 0.25) is 10.0 Å². The Balaban J connectivity index is 2.21. The molecule has 1 aliphatic carbocycles. The second kappa shape index (κ2) is 6.79. The molecule has 3 unspecified atom stereocenters. The normalized spacial score (nSPS) is 26.0. The van der Waals surface area contributed by atoms with Crippen LogP contribution in [-0.2, 0) is 10.0 Å². The van der Waals surface area contributed by atoms with E-state index < -0.39 is 10.0 Å². The van der Waals surface area contributed by atoms with Crippen LogP contribution in [0.1, 0.15) is 40.0 Å². The van der Waals surface area contributed by atoms with Gasteiger partial charge in [0.15, 0.2) is 0 Å². The Hall–Kier alpha value is -1.07. The van der Waals surface area contributed by atoms with Crippen LogP contribution in [0.15, 0.2) is 29.2 Å². The minimum Gasteiger partial charge on any atom is -0.381 e. The van der Waals surface area contributed by atoms with Crippen LogP contribution in [-0.4, -0.2) is 21.0 Å². The smallest absolute Gasteiger partial charge is 0.242 e. The summed E-state index contributed by atoms with van der Waals surface area (Å²) in [6, 6.07) is 7.53. The first-order chi connectivity index (χ1) is 9.95. The monoisotopic (exact) mass is 310 g/mol. The van der Waals surface area contributed by atoms with E-state index in [0.717, 1.165) is 12.8 Å². The van der Waals surface area contributed by atoms with Crippen LogP contribution < -0.4 is 10.0 Å². The average molecular weight is 310 g/mol. The largest absolute Gasteiger partial charge is 0.381 e. The molecule has 1 aliphatic rings. The summed E-state index contributed by atoms with van der Waals surface area (Å²) in [7, 11) is -3.44. The maximum Gasteiger partial charge on any atom is 0.242 e. The van der Waals surface area contributed by atoms with Gasteiger partial charge in [-0.3, -0.25) is 0 Å². The molecule has 0 spiro atoms. The van der Waals surface area contributed by atoms with Crippen LogP contribution in [0.3, 0.4) is 0 Å². The maximum atomic E-state index is 12.4. The summed E-state index contributed by atoms with van der Waals surface area (Å²) in [5.74, 6) is 1.24. The van der Waals surface area contributed by atoms with Gasteiger partial charge in [-0.2, -0.15) is 0 Å². The number of hydrogen-bond donors (Lipinski definition) is 2. The van der Waals surface area contributed by atoms with Gasteiger partial charge in [0.25, 0.3) is 0 Å². The van der Waals surface area contributed by atoms with Gasteiger partial charge in [-0.1, -0.05) is 32.9 Å². The van der Waals surface area contributed by atoms with E-state index in [0.29, 0.717) is 35.0 Å². The van der Waals surface area contributed by atoms with Crippen molar-refractivity contribution < 1.29 is 8.42 Å². The molecule has 4 nitrogen and oxygen atoms in total. The first kappa shape index (κ1) is 16.3. The van der Waals surface area contributed by atoms with Crippen molar-refractivity contribution in [3.05, 3.63) is 24.3 Å². The molecule has 3 atom stereocenters. The average Bonchev–Trinajstić information content (AvgIpc) is 2.78. The van der Waals surface area contributed by atoms with Gasteiger partial charge < -0.3 is 5.32 Å². The molecule has 2 rings (SSSR count). The Morgan fingerprint density at radius 1 is 1.19 bits per heavy atom. The Bertz CT molecular complexity index is 571. The number of anilines is 1. The summed E-state index contributed by atoms with van der Waals surface area (Å²) in [5, 5.41) is 3.45. The lowest BCUT2D eigenvalue weighted by molar-refractivity contribution is 0.435. The fourth-order valence-electron chi connectivity index (χ4n) is 2.90. The molecule has 0 aromatic heterocycles. The van der Waals surface area contributed by atoms with Gasteiger partial charge in [-0.25, -0.2) is 13.1 Å². The molecule has 1 fully saturated rings. The van der Waals surface area contributed by atoms with Crippen LogP contribution in [0.25, 0.3) is 0 Å². The molecule has 0 aliphatic heterocycles. The highest BCUT2D eigenvalue weighted by Crippen LogP contribution is 2.34. The van der Waals surface area contributed by atoms with Crippen molar-refractivity contribution in [1.82, 2.24) is 4.72 Å². The molecule has 1 saturated carbocycles. The van der Waals surface area contributed by atoms with Crippen LogP contribution in [0.4, 0.5) is 5.69 Å². The van der Waals surface area contributed by atoms with E-state index in [4.69, 9.17) is 0 Å². The van der Waals surface area contributed by atoms with Crippen LogP contribution >= 0.6 is 0 Å². The van der Waals surface area contributed by atoms with Gasteiger partial charge in [-0.05, 0) is 43.2 Å². The fraction of sp³-hybridized carbons (Fsp3) is 0.625. The third kappa shape index (κ3) is 3.77.